The van der Waals surface area contributed by atoms with Crippen LogP contribution in [0.5, 0.6) is 0 Å². The number of halogens is 1. The van der Waals surface area contributed by atoms with Crippen molar-refractivity contribution in [3.05, 3.63) is 82.0 Å². The second kappa shape index (κ2) is 7.87. The number of anilines is 1. The number of aryl methyl sites for hydroxylation is 1. The molecule has 164 valence electrons. The number of hydrogen-bond donors (Lipinski definition) is 1. The van der Waals surface area contributed by atoms with E-state index in [2.05, 4.69) is 70.2 Å². The van der Waals surface area contributed by atoms with E-state index in [1.807, 2.05) is 0 Å². The average molecular weight is 433 g/mol. The van der Waals surface area contributed by atoms with Crippen molar-refractivity contribution >= 4 is 17.0 Å². The van der Waals surface area contributed by atoms with Crippen LogP contribution in [0.25, 0.3) is 16.7 Å². The van der Waals surface area contributed by atoms with Gasteiger partial charge in [0.1, 0.15) is 11.2 Å². The summed E-state index contributed by atoms with van der Waals surface area (Å²) in [4.78, 5) is 24.8. The number of benzene rings is 2. The van der Waals surface area contributed by atoms with Crippen LogP contribution in [-0.4, -0.2) is 57.9 Å². The SMILES string of the molecule is Cc1ccc(C2CN(c3nc4nn(-c5ccc(F)cc5)cc4c(=O)[nH]3)CC2N(C)C)cc1. The Hall–Kier alpha value is -3.52. The highest BCUT2D eigenvalue weighted by Crippen LogP contribution is 2.32. The van der Waals surface area contributed by atoms with E-state index in [0.29, 0.717) is 28.6 Å². The topological polar surface area (TPSA) is 70.0 Å². The van der Waals surface area contributed by atoms with E-state index < -0.39 is 0 Å². The number of nitrogens with one attached hydrogen (secondary N) is 1. The van der Waals surface area contributed by atoms with Crippen molar-refractivity contribution in [3.8, 4) is 5.69 Å². The molecule has 0 amide bonds. The van der Waals surface area contributed by atoms with Gasteiger partial charge in [-0.3, -0.25) is 9.78 Å². The highest BCUT2D eigenvalue weighted by atomic mass is 19.1. The van der Waals surface area contributed by atoms with Crippen LogP contribution in [0.1, 0.15) is 17.0 Å². The number of H-pyrrole nitrogens is 1. The molecule has 2 aromatic heterocycles. The molecule has 1 N–H and O–H groups in total. The third kappa shape index (κ3) is 3.67. The van der Waals surface area contributed by atoms with E-state index in [0.717, 1.165) is 13.1 Å². The van der Waals surface area contributed by atoms with E-state index in [1.165, 1.54) is 23.3 Å². The Morgan fingerprint density at radius 3 is 2.47 bits per heavy atom. The molecule has 1 aliphatic rings. The van der Waals surface area contributed by atoms with Crippen molar-refractivity contribution in [1.29, 1.82) is 0 Å². The number of hydrogen-bond acceptors (Lipinski definition) is 5. The Kier molecular flexibility index (Phi) is 5.01. The fourth-order valence-electron chi connectivity index (χ4n) is 4.40. The predicted octanol–water partition coefficient (Wildman–Crippen LogP) is 3.09. The maximum Gasteiger partial charge on any atom is 0.263 e. The summed E-state index contributed by atoms with van der Waals surface area (Å²) in [7, 11) is 4.16. The minimum atomic E-state index is -0.323. The van der Waals surface area contributed by atoms with Gasteiger partial charge in [-0.25, -0.2) is 9.07 Å². The molecule has 1 aliphatic heterocycles. The predicted molar refractivity (Wildman–Crippen MR) is 123 cm³/mol. The van der Waals surface area contributed by atoms with Crippen LogP contribution in [0, 0.1) is 12.7 Å². The van der Waals surface area contributed by atoms with E-state index >= 15 is 0 Å². The van der Waals surface area contributed by atoms with Gasteiger partial charge in [0.25, 0.3) is 5.56 Å². The minimum absolute atomic E-state index is 0.237. The molecule has 0 spiro atoms. The molecule has 1 fully saturated rings. The molecule has 5 rings (SSSR count). The lowest BCUT2D eigenvalue weighted by Crippen LogP contribution is -2.35. The largest absolute Gasteiger partial charge is 0.340 e. The summed E-state index contributed by atoms with van der Waals surface area (Å²) in [6, 6.07) is 14.9. The first-order valence-corrected chi connectivity index (χ1v) is 10.6. The summed E-state index contributed by atoms with van der Waals surface area (Å²) in [5.74, 6) is 0.494. The van der Waals surface area contributed by atoms with Gasteiger partial charge in [0.15, 0.2) is 5.65 Å². The Balaban J connectivity index is 1.49. The molecular weight excluding hydrogens is 407 g/mol. The summed E-state index contributed by atoms with van der Waals surface area (Å²) in [6.45, 7) is 3.58. The van der Waals surface area contributed by atoms with Gasteiger partial charge in [0, 0.05) is 31.2 Å². The monoisotopic (exact) mass is 432 g/mol. The first kappa shape index (κ1) is 20.4. The maximum atomic E-state index is 13.3. The zero-order chi connectivity index (χ0) is 22.4. The van der Waals surface area contributed by atoms with Crippen molar-refractivity contribution < 1.29 is 4.39 Å². The standard InChI is InChI=1S/C24H25FN6O/c1-15-4-6-16(7-5-15)19-12-30(14-21(19)29(2)3)24-26-22-20(23(32)27-24)13-31(28-22)18-10-8-17(25)9-11-18/h4-11,13,19,21H,12,14H2,1-3H3,(H,26,27,28,32). The number of nitrogens with zero attached hydrogens (tertiary/aromatic N) is 5. The highest BCUT2D eigenvalue weighted by molar-refractivity contribution is 5.74. The van der Waals surface area contributed by atoms with Gasteiger partial charge in [-0.15, -0.1) is 5.10 Å². The first-order valence-electron chi connectivity index (χ1n) is 10.6. The number of aromatic amines is 1. The molecule has 1 saturated heterocycles. The number of rotatable bonds is 4. The smallest absolute Gasteiger partial charge is 0.263 e. The lowest BCUT2D eigenvalue weighted by Gasteiger charge is -2.25. The van der Waals surface area contributed by atoms with Crippen LogP contribution >= 0.6 is 0 Å². The molecule has 3 heterocycles. The Morgan fingerprint density at radius 2 is 1.78 bits per heavy atom. The van der Waals surface area contributed by atoms with Gasteiger partial charge in [0.2, 0.25) is 5.95 Å². The Labute approximate surface area is 185 Å². The zero-order valence-electron chi connectivity index (χ0n) is 18.3. The average Bonchev–Trinajstić information content (AvgIpc) is 3.40. The first-order chi connectivity index (χ1) is 15.4. The van der Waals surface area contributed by atoms with E-state index in [4.69, 9.17) is 0 Å². The van der Waals surface area contributed by atoms with Gasteiger partial charge >= 0.3 is 0 Å². The van der Waals surface area contributed by atoms with Crippen molar-refractivity contribution in [2.45, 2.75) is 18.9 Å². The summed E-state index contributed by atoms with van der Waals surface area (Å²) >= 11 is 0. The highest BCUT2D eigenvalue weighted by Gasteiger charge is 2.36. The minimum Gasteiger partial charge on any atom is -0.340 e. The quantitative estimate of drug-likeness (QED) is 0.537. The molecule has 8 heteroatoms. The van der Waals surface area contributed by atoms with Gasteiger partial charge in [-0.1, -0.05) is 29.8 Å². The molecular formula is C24H25FN6O. The second-order valence-corrected chi connectivity index (χ2v) is 8.63. The molecule has 2 aromatic carbocycles. The van der Waals surface area contributed by atoms with E-state index in [1.54, 1.807) is 23.0 Å². The number of aromatic nitrogens is 4. The second-order valence-electron chi connectivity index (χ2n) is 8.63. The van der Waals surface area contributed by atoms with Crippen molar-refractivity contribution in [3.63, 3.8) is 0 Å². The summed E-state index contributed by atoms with van der Waals surface area (Å²) in [5, 5.41) is 4.87. The van der Waals surface area contributed by atoms with Crippen LogP contribution in [0.3, 0.4) is 0 Å². The normalized spacial score (nSPS) is 18.7. The van der Waals surface area contributed by atoms with Gasteiger partial charge in [-0.05, 0) is 50.8 Å². The number of likely N-dealkylation sites (N-methyl/N-ethyl adjacent to an activating group) is 1. The van der Waals surface area contributed by atoms with Crippen LogP contribution < -0.4 is 10.5 Å². The van der Waals surface area contributed by atoms with Crippen LogP contribution in [0.4, 0.5) is 10.3 Å². The van der Waals surface area contributed by atoms with E-state index in [-0.39, 0.29) is 17.4 Å². The van der Waals surface area contributed by atoms with Crippen LogP contribution in [-0.2, 0) is 0 Å². The summed E-state index contributed by atoms with van der Waals surface area (Å²) < 4.78 is 14.8. The third-order valence-electron chi connectivity index (χ3n) is 6.22. The Morgan fingerprint density at radius 1 is 1.06 bits per heavy atom. The molecule has 0 aliphatic carbocycles. The number of fused-ring (bicyclic) bond motifs is 1. The van der Waals surface area contributed by atoms with Gasteiger partial charge < -0.3 is 9.80 Å². The van der Waals surface area contributed by atoms with Crippen LogP contribution in [0.2, 0.25) is 0 Å². The third-order valence-corrected chi connectivity index (χ3v) is 6.22. The maximum absolute atomic E-state index is 13.3. The fraction of sp³-hybridized carbons (Fsp3) is 0.292. The fourth-order valence-corrected chi connectivity index (χ4v) is 4.40. The van der Waals surface area contributed by atoms with Crippen molar-refractivity contribution in [1.82, 2.24) is 24.6 Å². The van der Waals surface area contributed by atoms with Gasteiger partial charge in [-0.2, -0.15) is 4.98 Å². The van der Waals surface area contributed by atoms with Gasteiger partial charge in [0.05, 0.1) is 5.69 Å². The van der Waals surface area contributed by atoms with Crippen molar-refractivity contribution in [2.75, 3.05) is 32.1 Å². The molecule has 4 aromatic rings. The molecule has 0 bridgehead atoms. The lowest BCUT2D eigenvalue weighted by atomic mass is 9.93. The van der Waals surface area contributed by atoms with E-state index in [9.17, 15) is 9.18 Å². The molecule has 32 heavy (non-hydrogen) atoms. The molecule has 0 saturated carbocycles. The lowest BCUT2D eigenvalue weighted by molar-refractivity contribution is 0.292. The Bertz CT molecular complexity index is 1310. The zero-order valence-corrected chi connectivity index (χ0v) is 18.3. The molecule has 7 nitrogen and oxygen atoms in total. The van der Waals surface area contributed by atoms with Crippen molar-refractivity contribution in [2.24, 2.45) is 0 Å². The molecule has 2 atom stereocenters. The summed E-state index contributed by atoms with van der Waals surface area (Å²) in [6.07, 6.45) is 1.62. The molecule has 2 unspecified atom stereocenters. The van der Waals surface area contributed by atoms with Crippen LogP contribution in [0.15, 0.2) is 59.5 Å². The molecule has 0 radical (unpaired) electrons. The summed E-state index contributed by atoms with van der Waals surface area (Å²) in [5.41, 5.74) is 3.31.